The standard InChI is InChI=1S/C14H13N3O6/c1-8-10(3-4-23-8)14(19)16-15-7-9-5-11(17(20)21)13(18)12(6-9)22-2/h3-7,18H,1-2H3,(H,16,19)/p-1/b15-7-. The van der Waals surface area contributed by atoms with Crippen LogP contribution in [0.3, 0.4) is 0 Å². The van der Waals surface area contributed by atoms with Crippen molar-refractivity contribution in [2.75, 3.05) is 7.11 Å². The first-order valence-corrected chi connectivity index (χ1v) is 6.35. The summed E-state index contributed by atoms with van der Waals surface area (Å²) in [6.07, 6.45) is 2.54. The lowest BCUT2D eigenvalue weighted by Crippen LogP contribution is -2.17. The number of methoxy groups -OCH3 is 1. The van der Waals surface area contributed by atoms with Crippen molar-refractivity contribution in [2.24, 2.45) is 5.10 Å². The van der Waals surface area contributed by atoms with Crippen molar-refractivity contribution >= 4 is 17.8 Å². The van der Waals surface area contributed by atoms with E-state index in [0.717, 1.165) is 6.07 Å². The highest BCUT2D eigenvalue weighted by atomic mass is 16.6. The second-order valence-corrected chi connectivity index (χ2v) is 4.42. The van der Waals surface area contributed by atoms with Gasteiger partial charge in [0.2, 0.25) is 0 Å². The van der Waals surface area contributed by atoms with E-state index in [4.69, 9.17) is 9.15 Å². The minimum absolute atomic E-state index is 0.183. The number of hydrazone groups is 1. The van der Waals surface area contributed by atoms with Gasteiger partial charge in [0.15, 0.2) is 0 Å². The van der Waals surface area contributed by atoms with Crippen molar-refractivity contribution in [3.63, 3.8) is 0 Å². The molecule has 1 aromatic carbocycles. The van der Waals surface area contributed by atoms with Crippen LogP contribution in [-0.4, -0.2) is 24.2 Å². The molecule has 2 aromatic rings. The molecular weight excluding hydrogens is 306 g/mol. The third kappa shape index (κ3) is 3.46. The SMILES string of the molecule is COc1cc(/C=N\NC(=O)c2ccoc2C)cc([N+](=O)[O-])c1[O-]. The molecule has 9 heteroatoms. The minimum atomic E-state index is -0.826. The van der Waals surface area contributed by atoms with Crippen molar-refractivity contribution in [1.29, 1.82) is 0 Å². The van der Waals surface area contributed by atoms with E-state index >= 15 is 0 Å². The molecule has 23 heavy (non-hydrogen) atoms. The van der Waals surface area contributed by atoms with E-state index in [1.807, 2.05) is 0 Å². The molecular formula is C14H12N3O6-. The predicted molar refractivity (Wildman–Crippen MR) is 77.6 cm³/mol. The number of nitro benzene ring substituents is 1. The van der Waals surface area contributed by atoms with Crippen LogP contribution in [0.1, 0.15) is 21.7 Å². The number of hydrogen-bond donors (Lipinski definition) is 1. The van der Waals surface area contributed by atoms with Gasteiger partial charge in [0.1, 0.15) is 11.5 Å². The predicted octanol–water partition coefficient (Wildman–Crippen LogP) is 1.34. The van der Waals surface area contributed by atoms with Crippen LogP contribution in [0, 0.1) is 17.0 Å². The summed E-state index contributed by atoms with van der Waals surface area (Å²) in [5, 5.41) is 26.2. The lowest BCUT2D eigenvalue weighted by atomic mass is 10.2. The zero-order valence-electron chi connectivity index (χ0n) is 12.2. The lowest BCUT2D eigenvalue weighted by molar-refractivity contribution is -0.398. The third-order valence-corrected chi connectivity index (χ3v) is 2.96. The van der Waals surface area contributed by atoms with Crippen LogP contribution >= 0.6 is 0 Å². The Kier molecular flexibility index (Phi) is 4.60. The van der Waals surface area contributed by atoms with E-state index in [-0.39, 0.29) is 11.3 Å². The zero-order chi connectivity index (χ0) is 17.0. The monoisotopic (exact) mass is 318 g/mol. The van der Waals surface area contributed by atoms with Crippen LogP contribution in [0.4, 0.5) is 5.69 Å². The van der Waals surface area contributed by atoms with Crippen molar-refractivity contribution in [2.45, 2.75) is 6.92 Å². The molecule has 0 atom stereocenters. The van der Waals surface area contributed by atoms with Gasteiger partial charge in [0, 0.05) is 17.4 Å². The second kappa shape index (κ2) is 6.60. The summed E-state index contributed by atoms with van der Waals surface area (Å²) in [5.41, 5.74) is 2.17. The molecule has 0 spiro atoms. The number of carbonyl (C=O) groups excluding carboxylic acids is 1. The molecule has 2 rings (SSSR count). The number of ether oxygens (including phenoxy) is 1. The largest absolute Gasteiger partial charge is 0.865 e. The molecule has 1 aromatic heterocycles. The highest BCUT2D eigenvalue weighted by Crippen LogP contribution is 2.33. The summed E-state index contributed by atoms with van der Waals surface area (Å²) < 4.78 is 9.80. The molecule has 0 fully saturated rings. The van der Waals surface area contributed by atoms with E-state index in [1.165, 1.54) is 31.7 Å². The number of benzene rings is 1. The number of carbonyl (C=O) groups is 1. The third-order valence-electron chi connectivity index (χ3n) is 2.96. The number of nitrogens with one attached hydrogen (secondary N) is 1. The first-order chi connectivity index (χ1) is 10.9. The Bertz CT molecular complexity index is 781. The summed E-state index contributed by atoms with van der Waals surface area (Å²) in [6.45, 7) is 1.62. The van der Waals surface area contributed by atoms with Gasteiger partial charge in [-0.1, -0.05) is 0 Å². The van der Waals surface area contributed by atoms with E-state index < -0.39 is 22.3 Å². The number of amides is 1. The van der Waals surface area contributed by atoms with Crippen LogP contribution in [0.5, 0.6) is 11.5 Å². The number of nitro groups is 1. The van der Waals surface area contributed by atoms with Crippen LogP contribution < -0.4 is 15.3 Å². The van der Waals surface area contributed by atoms with Crippen molar-refractivity contribution in [3.8, 4) is 11.5 Å². The summed E-state index contributed by atoms with van der Waals surface area (Å²) >= 11 is 0. The maximum atomic E-state index is 11.8. The topological polar surface area (TPSA) is 130 Å². The highest BCUT2D eigenvalue weighted by molar-refractivity contribution is 5.95. The Labute approximate surface area is 130 Å². The van der Waals surface area contributed by atoms with Gasteiger partial charge in [-0.3, -0.25) is 14.9 Å². The van der Waals surface area contributed by atoms with Gasteiger partial charge in [-0.05, 0) is 19.1 Å². The number of rotatable bonds is 5. The quantitative estimate of drug-likeness (QED) is 0.503. The fraction of sp³-hybridized carbons (Fsp3) is 0.143. The summed E-state index contributed by atoms with van der Waals surface area (Å²) in [6, 6.07) is 3.82. The fourth-order valence-electron chi connectivity index (χ4n) is 1.82. The van der Waals surface area contributed by atoms with Crippen molar-refractivity contribution < 1.29 is 24.0 Å². The Balaban J connectivity index is 2.19. The van der Waals surface area contributed by atoms with E-state index in [9.17, 15) is 20.0 Å². The average Bonchev–Trinajstić information content (AvgIpc) is 2.94. The molecule has 0 radical (unpaired) electrons. The highest BCUT2D eigenvalue weighted by Gasteiger charge is 2.13. The number of hydrogen-bond acceptors (Lipinski definition) is 7. The molecule has 1 heterocycles. The Hall–Kier alpha value is -3.36. The molecule has 0 saturated carbocycles. The van der Waals surface area contributed by atoms with Gasteiger partial charge >= 0.3 is 0 Å². The molecule has 0 aliphatic carbocycles. The summed E-state index contributed by atoms with van der Waals surface area (Å²) in [5.74, 6) is -1.06. The van der Waals surface area contributed by atoms with Gasteiger partial charge in [0.25, 0.3) is 11.6 Å². The zero-order valence-corrected chi connectivity index (χ0v) is 12.2. The second-order valence-electron chi connectivity index (χ2n) is 4.42. The van der Waals surface area contributed by atoms with Gasteiger partial charge in [-0.15, -0.1) is 0 Å². The Morgan fingerprint density at radius 2 is 2.22 bits per heavy atom. The van der Waals surface area contributed by atoms with Crippen LogP contribution in [0.15, 0.2) is 34.0 Å². The Morgan fingerprint density at radius 3 is 2.78 bits per heavy atom. The van der Waals surface area contributed by atoms with Gasteiger partial charge in [0.05, 0.1) is 30.1 Å². The number of furan rings is 1. The smallest absolute Gasteiger partial charge is 0.274 e. The minimum Gasteiger partial charge on any atom is -0.865 e. The summed E-state index contributed by atoms with van der Waals surface area (Å²) in [7, 11) is 1.23. The maximum absolute atomic E-state index is 11.8. The van der Waals surface area contributed by atoms with E-state index in [2.05, 4.69) is 10.5 Å². The van der Waals surface area contributed by atoms with Gasteiger partial charge in [-0.2, -0.15) is 5.10 Å². The van der Waals surface area contributed by atoms with Crippen molar-refractivity contribution in [3.05, 3.63) is 51.5 Å². The molecule has 120 valence electrons. The molecule has 9 nitrogen and oxygen atoms in total. The normalized spacial score (nSPS) is 10.7. The molecule has 0 bridgehead atoms. The maximum Gasteiger partial charge on any atom is 0.274 e. The average molecular weight is 318 g/mol. The molecule has 1 amide bonds. The fourth-order valence-corrected chi connectivity index (χ4v) is 1.82. The van der Waals surface area contributed by atoms with Crippen LogP contribution in [0.2, 0.25) is 0 Å². The Morgan fingerprint density at radius 1 is 1.48 bits per heavy atom. The van der Waals surface area contributed by atoms with Gasteiger partial charge in [-0.25, -0.2) is 5.43 Å². The molecule has 0 aliphatic rings. The van der Waals surface area contributed by atoms with Crippen LogP contribution in [-0.2, 0) is 0 Å². The molecule has 0 saturated heterocycles. The van der Waals surface area contributed by atoms with E-state index in [1.54, 1.807) is 6.92 Å². The van der Waals surface area contributed by atoms with E-state index in [0.29, 0.717) is 11.3 Å². The lowest BCUT2D eigenvalue weighted by Gasteiger charge is -2.12. The molecule has 1 N–H and O–H groups in total. The number of nitrogens with zero attached hydrogens (tertiary/aromatic N) is 2. The first kappa shape index (κ1) is 16.0. The number of aryl methyl sites for hydroxylation is 1. The molecule has 0 unspecified atom stereocenters. The van der Waals surface area contributed by atoms with Gasteiger partial charge < -0.3 is 14.3 Å². The molecule has 0 aliphatic heterocycles. The first-order valence-electron chi connectivity index (χ1n) is 6.35. The van der Waals surface area contributed by atoms with Crippen molar-refractivity contribution in [1.82, 2.24) is 5.43 Å². The summed E-state index contributed by atoms with van der Waals surface area (Å²) in [4.78, 5) is 21.8. The van der Waals surface area contributed by atoms with Crippen LogP contribution in [0.25, 0.3) is 0 Å².